The molecule has 0 aliphatic rings. The first kappa shape index (κ1) is 14.4. The summed E-state index contributed by atoms with van der Waals surface area (Å²) in [6.07, 6.45) is 0. The number of hydrogen-bond acceptors (Lipinski definition) is 4. The van der Waals surface area contributed by atoms with Gasteiger partial charge in [-0.05, 0) is 37.1 Å². The zero-order valence-corrected chi connectivity index (χ0v) is 11.5. The lowest BCUT2D eigenvalue weighted by Crippen LogP contribution is -2.36. The van der Waals surface area contributed by atoms with Crippen LogP contribution in [0, 0.1) is 24.0 Å². The second-order valence-corrected chi connectivity index (χ2v) is 4.55. The highest BCUT2D eigenvalue weighted by Gasteiger charge is 2.28. The summed E-state index contributed by atoms with van der Waals surface area (Å²) in [5.41, 5.74) is 1.92. The van der Waals surface area contributed by atoms with Gasteiger partial charge in [-0.2, -0.15) is 0 Å². The number of aryl methyl sites for hydroxylation is 2. The Labute approximate surface area is 112 Å². The van der Waals surface area contributed by atoms with Gasteiger partial charge in [0.25, 0.3) is 11.9 Å². The predicted molar refractivity (Wildman–Crippen MR) is 70.8 cm³/mol. The van der Waals surface area contributed by atoms with E-state index in [1.54, 1.807) is 6.07 Å². The van der Waals surface area contributed by atoms with Crippen LogP contribution in [0.25, 0.3) is 0 Å². The minimum Gasteiger partial charge on any atom is -0.506 e. The van der Waals surface area contributed by atoms with E-state index in [9.17, 15) is 20.0 Å². The number of nitrogens with one attached hydrogen (secondary N) is 1. The quantitative estimate of drug-likeness (QED) is 0.384. The molecule has 1 rings (SSSR count). The van der Waals surface area contributed by atoms with Crippen LogP contribution >= 0.6 is 15.9 Å². The molecule has 0 spiro atoms. The molecule has 1 aromatic carbocycles. The SMILES string of the molecule is Cc1cc(O)c(NC(=O)C(CBr)[N+](=O)[O-])cc1C. The standard InChI is InChI=1S/C11H13BrN2O4/c1-6-3-8(10(15)4-7(6)2)13-11(16)9(5-12)14(17)18/h3-4,9,15H,5H2,1-2H3,(H,13,16). The monoisotopic (exact) mass is 316 g/mol. The third-order valence-electron chi connectivity index (χ3n) is 2.57. The van der Waals surface area contributed by atoms with Gasteiger partial charge in [0.15, 0.2) is 0 Å². The number of nitro groups is 1. The van der Waals surface area contributed by atoms with Crippen molar-refractivity contribution in [1.29, 1.82) is 0 Å². The molecule has 0 fully saturated rings. The van der Waals surface area contributed by atoms with Crippen LogP contribution in [0.1, 0.15) is 11.1 Å². The molecule has 98 valence electrons. The molecule has 0 radical (unpaired) electrons. The smallest absolute Gasteiger partial charge is 0.300 e. The number of phenolic OH excluding ortho intramolecular Hbond substituents is 1. The fourth-order valence-corrected chi connectivity index (χ4v) is 1.87. The van der Waals surface area contributed by atoms with E-state index in [1.165, 1.54) is 6.07 Å². The van der Waals surface area contributed by atoms with Crippen molar-refractivity contribution < 1.29 is 14.8 Å². The number of hydrogen-bond donors (Lipinski definition) is 2. The van der Waals surface area contributed by atoms with E-state index in [4.69, 9.17) is 0 Å². The van der Waals surface area contributed by atoms with E-state index in [0.29, 0.717) is 0 Å². The summed E-state index contributed by atoms with van der Waals surface area (Å²) in [5.74, 6) is -0.876. The van der Waals surface area contributed by atoms with Crippen LogP contribution in [0.5, 0.6) is 5.75 Å². The summed E-state index contributed by atoms with van der Waals surface area (Å²) in [7, 11) is 0. The number of halogens is 1. The highest BCUT2D eigenvalue weighted by molar-refractivity contribution is 9.09. The summed E-state index contributed by atoms with van der Waals surface area (Å²) >= 11 is 2.91. The molecule has 7 heteroatoms. The highest BCUT2D eigenvalue weighted by Crippen LogP contribution is 2.27. The molecule has 0 aromatic heterocycles. The minimum absolute atomic E-state index is 0.0859. The first-order valence-corrected chi connectivity index (χ1v) is 6.29. The van der Waals surface area contributed by atoms with E-state index in [0.717, 1.165) is 11.1 Å². The van der Waals surface area contributed by atoms with Crippen molar-refractivity contribution in [2.24, 2.45) is 0 Å². The Bertz CT molecular complexity index is 490. The van der Waals surface area contributed by atoms with Crippen molar-refractivity contribution in [3.05, 3.63) is 33.4 Å². The maximum atomic E-state index is 11.6. The lowest BCUT2D eigenvalue weighted by Gasteiger charge is -2.11. The van der Waals surface area contributed by atoms with E-state index in [1.807, 2.05) is 13.8 Å². The number of rotatable bonds is 4. The summed E-state index contributed by atoms with van der Waals surface area (Å²) in [6.45, 7) is 3.64. The summed E-state index contributed by atoms with van der Waals surface area (Å²) < 4.78 is 0. The minimum atomic E-state index is -1.38. The van der Waals surface area contributed by atoms with E-state index >= 15 is 0 Å². The topological polar surface area (TPSA) is 92.5 Å². The van der Waals surface area contributed by atoms with Gasteiger partial charge in [0.05, 0.1) is 11.0 Å². The van der Waals surface area contributed by atoms with Gasteiger partial charge in [-0.3, -0.25) is 14.9 Å². The van der Waals surface area contributed by atoms with Gasteiger partial charge >= 0.3 is 0 Å². The van der Waals surface area contributed by atoms with Crippen LogP contribution in [0.3, 0.4) is 0 Å². The van der Waals surface area contributed by atoms with Crippen molar-refractivity contribution >= 4 is 27.5 Å². The number of carbonyl (C=O) groups excluding carboxylic acids is 1. The Balaban J connectivity index is 2.94. The molecule has 0 aliphatic heterocycles. The van der Waals surface area contributed by atoms with Gasteiger partial charge in [-0.25, -0.2) is 0 Å². The Hall–Kier alpha value is -1.63. The van der Waals surface area contributed by atoms with Crippen molar-refractivity contribution in [3.63, 3.8) is 0 Å². The van der Waals surface area contributed by atoms with Crippen LogP contribution in [-0.2, 0) is 4.79 Å². The number of benzene rings is 1. The van der Waals surface area contributed by atoms with Gasteiger partial charge < -0.3 is 10.4 Å². The third kappa shape index (κ3) is 3.19. The number of nitrogens with zero attached hydrogens (tertiary/aromatic N) is 1. The van der Waals surface area contributed by atoms with E-state index in [-0.39, 0.29) is 16.8 Å². The maximum Gasteiger partial charge on any atom is 0.300 e. The van der Waals surface area contributed by atoms with Crippen LogP contribution < -0.4 is 5.32 Å². The molecular formula is C11H13BrN2O4. The molecule has 1 unspecified atom stereocenters. The van der Waals surface area contributed by atoms with E-state index in [2.05, 4.69) is 21.2 Å². The second-order valence-electron chi connectivity index (χ2n) is 3.90. The third-order valence-corrected chi connectivity index (χ3v) is 3.19. The molecule has 1 aromatic rings. The zero-order chi connectivity index (χ0) is 13.9. The van der Waals surface area contributed by atoms with E-state index < -0.39 is 16.9 Å². The lowest BCUT2D eigenvalue weighted by atomic mass is 10.1. The Morgan fingerprint density at radius 2 is 2.06 bits per heavy atom. The zero-order valence-electron chi connectivity index (χ0n) is 9.94. The lowest BCUT2D eigenvalue weighted by molar-refractivity contribution is -0.501. The van der Waals surface area contributed by atoms with Gasteiger partial charge in [-0.15, -0.1) is 0 Å². The molecule has 18 heavy (non-hydrogen) atoms. The van der Waals surface area contributed by atoms with Crippen LogP contribution in [0.2, 0.25) is 0 Å². The summed E-state index contributed by atoms with van der Waals surface area (Å²) in [4.78, 5) is 21.6. The molecule has 0 heterocycles. The number of carbonyl (C=O) groups is 1. The molecule has 0 saturated heterocycles. The average Bonchev–Trinajstić information content (AvgIpc) is 2.26. The molecule has 0 bridgehead atoms. The van der Waals surface area contributed by atoms with Crippen molar-refractivity contribution in [2.45, 2.75) is 19.9 Å². The molecule has 0 aliphatic carbocycles. The van der Waals surface area contributed by atoms with Gasteiger partial charge in [0, 0.05) is 4.92 Å². The van der Waals surface area contributed by atoms with Gasteiger partial charge in [0.1, 0.15) is 5.75 Å². The van der Waals surface area contributed by atoms with Gasteiger partial charge in [-0.1, -0.05) is 15.9 Å². The van der Waals surface area contributed by atoms with Gasteiger partial charge in [0.2, 0.25) is 0 Å². The largest absolute Gasteiger partial charge is 0.506 e. The second kappa shape index (κ2) is 5.81. The fourth-order valence-electron chi connectivity index (χ4n) is 1.34. The number of amides is 1. The van der Waals surface area contributed by atoms with Crippen LogP contribution in [-0.4, -0.2) is 27.3 Å². The van der Waals surface area contributed by atoms with Crippen LogP contribution in [0.4, 0.5) is 5.69 Å². The molecular weight excluding hydrogens is 304 g/mol. The first-order valence-electron chi connectivity index (χ1n) is 5.17. The highest BCUT2D eigenvalue weighted by atomic mass is 79.9. The fraction of sp³-hybridized carbons (Fsp3) is 0.364. The molecule has 6 nitrogen and oxygen atoms in total. The van der Waals surface area contributed by atoms with Crippen molar-refractivity contribution in [1.82, 2.24) is 0 Å². The van der Waals surface area contributed by atoms with Crippen molar-refractivity contribution in [2.75, 3.05) is 10.6 Å². The Morgan fingerprint density at radius 3 is 2.56 bits per heavy atom. The Morgan fingerprint density at radius 1 is 1.50 bits per heavy atom. The average molecular weight is 317 g/mol. The molecule has 1 amide bonds. The number of anilines is 1. The Kier molecular flexibility index (Phi) is 4.66. The molecule has 2 N–H and O–H groups in total. The maximum absolute atomic E-state index is 11.6. The first-order chi connectivity index (χ1) is 8.36. The number of aromatic hydroxyl groups is 1. The van der Waals surface area contributed by atoms with Crippen LogP contribution in [0.15, 0.2) is 12.1 Å². The summed E-state index contributed by atoms with van der Waals surface area (Å²) in [5, 5.41) is 22.5. The molecule has 1 atom stereocenters. The summed E-state index contributed by atoms with van der Waals surface area (Å²) in [6, 6.07) is 1.69. The molecule has 0 saturated carbocycles. The number of phenols is 1. The van der Waals surface area contributed by atoms with Crippen molar-refractivity contribution in [3.8, 4) is 5.75 Å². The number of alkyl halides is 1. The normalized spacial score (nSPS) is 11.9. The predicted octanol–water partition coefficient (Wildman–Crippen LogP) is 1.99.